The molecule has 1 unspecified atom stereocenters. The fourth-order valence-electron chi connectivity index (χ4n) is 3.28. The summed E-state index contributed by atoms with van der Waals surface area (Å²) in [5.41, 5.74) is 2.55. The van der Waals surface area contributed by atoms with Gasteiger partial charge in [0.15, 0.2) is 0 Å². The van der Waals surface area contributed by atoms with E-state index in [-0.39, 0.29) is 0 Å². The van der Waals surface area contributed by atoms with Gasteiger partial charge in [0.05, 0.1) is 18.8 Å². The van der Waals surface area contributed by atoms with Crippen LogP contribution in [-0.2, 0) is 13.1 Å². The summed E-state index contributed by atoms with van der Waals surface area (Å²) in [6.07, 6.45) is 3.04. The molecule has 2 heterocycles. The number of aromatic nitrogens is 2. The van der Waals surface area contributed by atoms with Gasteiger partial charge in [-0.05, 0) is 39.2 Å². The molecule has 2 aromatic rings. The predicted octanol–water partition coefficient (Wildman–Crippen LogP) is 2.40. The van der Waals surface area contributed by atoms with E-state index in [1.807, 2.05) is 18.3 Å². The van der Waals surface area contributed by atoms with Gasteiger partial charge >= 0.3 is 0 Å². The predicted molar refractivity (Wildman–Crippen MR) is 91.5 cm³/mol. The van der Waals surface area contributed by atoms with Gasteiger partial charge in [-0.1, -0.05) is 18.2 Å². The Kier molecular flexibility index (Phi) is 4.98. The highest BCUT2D eigenvalue weighted by Crippen LogP contribution is 2.26. The lowest BCUT2D eigenvalue weighted by Gasteiger charge is -2.34. The van der Waals surface area contributed by atoms with Crippen molar-refractivity contribution in [2.24, 2.45) is 0 Å². The Bertz CT molecular complexity index is 637. The first-order valence-electron chi connectivity index (χ1n) is 8.18. The Balaban J connectivity index is 1.74. The van der Waals surface area contributed by atoms with E-state index >= 15 is 0 Å². The molecule has 0 radical (unpaired) electrons. The Hall–Kier alpha value is -1.85. The van der Waals surface area contributed by atoms with E-state index in [9.17, 15) is 0 Å². The minimum absolute atomic E-state index is 0.436. The highest BCUT2D eigenvalue weighted by Gasteiger charge is 2.25. The average Bonchev–Trinajstić information content (AvgIpc) is 3.01. The van der Waals surface area contributed by atoms with Gasteiger partial charge in [-0.2, -0.15) is 5.10 Å². The number of nitrogens with zero attached hydrogens (tertiary/aromatic N) is 4. The number of benzene rings is 1. The zero-order valence-corrected chi connectivity index (χ0v) is 14.3. The van der Waals surface area contributed by atoms with Crippen molar-refractivity contribution in [1.29, 1.82) is 0 Å². The number of rotatable bonds is 6. The van der Waals surface area contributed by atoms with Gasteiger partial charge in [0.25, 0.3) is 0 Å². The van der Waals surface area contributed by atoms with Gasteiger partial charge < -0.3 is 9.64 Å². The fraction of sp³-hybridized carbons (Fsp3) is 0.500. The van der Waals surface area contributed by atoms with Crippen LogP contribution in [0.3, 0.4) is 0 Å². The summed E-state index contributed by atoms with van der Waals surface area (Å²) >= 11 is 0. The molecule has 0 spiro atoms. The molecule has 0 saturated carbocycles. The second-order valence-corrected chi connectivity index (χ2v) is 6.49. The van der Waals surface area contributed by atoms with Gasteiger partial charge in [0.2, 0.25) is 0 Å². The van der Waals surface area contributed by atoms with Crippen LogP contribution in [-0.4, -0.2) is 53.9 Å². The van der Waals surface area contributed by atoms with Crippen molar-refractivity contribution in [2.45, 2.75) is 25.6 Å². The lowest BCUT2D eigenvalue weighted by Crippen LogP contribution is -2.38. The first-order valence-corrected chi connectivity index (χ1v) is 8.18. The van der Waals surface area contributed by atoms with Crippen molar-refractivity contribution in [3.05, 3.63) is 47.8 Å². The van der Waals surface area contributed by atoms with Gasteiger partial charge in [-0.25, -0.2) is 0 Å². The van der Waals surface area contributed by atoms with E-state index in [1.54, 1.807) is 7.11 Å². The third-order valence-corrected chi connectivity index (χ3v) is 4.45. The first kappa shape index (κ1) is 16.0. The molecule has 0 fully saturated rings. The molecule has 23 heavy (non-hydrogen) atoms. The summed E-state index contributed by atoms with van der Waals surface area (Å²) in [4.78, 5) is 4.73. The van der Waals surface area contributed by atoms with Gasteiger partial charge in [-0.15, -0.1) is 0 Å². The molecular weight excluding hydrogens is 288 g/mol. The van der Waals surface area contributed by atoms with Crippen LogP contribution in [0.5, 0.6) is 5.75 Å². The number of hydrogen-bond donors (Lipinski definition) is 0. The quantitative estimate of drug-likeness (QED) is 0.820. The van der Waals surface area contributed by atoms with Crippen molar-refractivity contribution in [1.82, 2.24) is 19.6 Å². The van der Waals surface area contributed by atoms with Crippen molar-refractivity contribution in [3.63, 3.8) is 0 Å². The smallest absolute Gasteiger partial charge is 0.123 e. The SMILES string of the molecule is COc1ccccc1CN1Cc2ccnn2C(CCN(C)C)C1. The fourth-order valence-corrected chi connectivity index (χ4v) is 3.28. The molecule has 0 saturated heterocycles. The van der Waals surface area contributed by atoms with Crippen LogP contribution in [0.4, 0.5) is 0 Å². The van der Waals surface area contributed by atoms with Gasteiger partial charge in [-0.3, -0.25) is 9.58 Å². The van der Waals surface area contributed by atoms with E-state index in [2.05, 4.69) is 51.9 Å². The molecule has 0 amide bonds. The second kappa shape index (κ2) is 7.15. The molecule has 1 aliphatic heterocycles. The van der Waals surface area contributed by atoms with Crippen molar-refractivity contribution in [2.75, 3.05) is 34.3 Å². The van der Waals surface area contributed by atoms with Crippen LogP contribution in [0, 0.1) is 0 Å². The highest BCUT2D eigenvalue weighted by atomic mass is 16.5. The van der Waals surface area contributed by atoms with Crippen molar-refractivity contribution < 1.29 is 4.74 Å². The van der Waals surface area contributed by atoms with Crippen LogP contribution in [0.2, 0.25) is 0 Å². The van der Waals surface area contributed by atoms with E-state index in [0.717, 1.165) is 38.3 Å². The highest BCUT2D eigenvalue weighted by molar-refractivity contribution is 5.33. The number of fused-ring (bicyclic) bond motifs is 1. The molecule has 1 aromatic carbocycles. The Labute approximate surface area is 138 Å². The minimum Gasteiger partial charge on any atom is -0.496 e. The zero-order valence-electron chi connectivity index (χ0n) is 14.3. The third kappa shape index (κ3) is 3.74. The molecule has 5 nitrogen and oxygen atoms in total. The van der Waals surface area contributed by atoms with E-state index in [0.29, 0.717) is 6.04 Å². The lowest BCUT2D eigenvalue weighted by atomic mass is 10.1. The summed E-state index contributed by atoms with van der Waals surface area (Å²) in [5.74, 6) is 0.969. The molecular formula is C18H26N4O. The topological polar surface area (TPSA) is 33.5 Å². The third-order valence-electron chi connectivity index (χ3n) is 4.45. The van der Waals surface area contributed by atoms with Gasteiger partial charge in [0.1, 0.15) is 5.75 Å². The van der Waals surface area contributed by atoms with Crippen LogP contribution in [0.15, 0.2) is 36.5 Å². The summed E-state index contributed by atoms with van der Waals surface area (Å²) in [6.45, 7) is 3.96. The van der Waals surface area contributed by atoms with Crippen molar-refractivity contribution >= 4 is 0 Å². The standard InChI is InChI=1S/C18H26N4O/c1-20(2)11-9-17-14-21(13-16-8-10-19-22(16)17)12-15-6-4-5-7-18(15)23-3/h4-8,10,17H,9,11-14H2,1-3H3. The molecule has 5 heteroatoms. The summed E-state index contributed by atoms with van der Waals surface area (Å²) in [5, 5.41) is 4.54. The monoisotopic (exact) mass is 314 g/mol. The van der Waals surface area contributed by atoms with E-state index < -0.39 is 0 Å². The maximum Gasteiger partial charge on any atom is 0.123 e. The first-order chi connectivity index (χ1) is 11.2. The summed E-state index contributed by atoms with van der Waals surface area (Å²) in [6, 6.07) is 10.9. The van der Waals surface area contributed by atoms with Crippen LogP contribution in [0.25, 0.3) is 0 Å². The van der Waals surface area contributed by atoms with Crippen LogP contribution < -0.4 is 4.74 Å². The summed E-state index contributed by atoms with van der Waals surface area (Å²) < 4.78 is 7.71. The zero-order chi connectivity index (χ0) is 16.2. The normalized spacial score (nSPS) is 18.2. The number of para-hydroxylation sites is 1. The number of hydrogen-bond acceptors (Lipinski definition) is 4. The average molecular weight is 314 g/mol. The Morgan fingerprint density at radius 2 is 2.09 bits per heavy atom. The molecule has 0 aliphatic carbocycles. The van der Waals surface area contributed by atoms with Crippen LogP contribution in [0.1, 0.15) is 23.7 Å². The Morgan fingerprint density at radius 3 is 2.87 bits per heavy atom. The minimum atomic E-state index is 0.436. The van der Waals surface area contributed by atoms with Crippen molar-refractivity contribution in [3.8, 4) is 5.75 Å². The number of ether oxygens (including phenoxy) is 1. The van der Waals surface area contributed by atoms with E-state index in [1.165, 1.54) is 11.3 Å². The molecule has 3 rings (SSSR count). The largest absolute Gasteiger partial charge is 0.496 e. The molecule has 0 N–H and O–H groups in total. The summed E-state index contributed by atoms with van der Waals surface area (Å²) in [7, 11) is 5.99. The lowest BCUT2D eigenvalue weighted by molar-refractivity contribution is 0.153. The number of methoxy groups -OCH3 is 1. The maximum absolute atomic E-state index is 5.50. The van der Waals surface area contributed by atoms with E-state index in [4.69, 9.17) is 4.74 Å². The molecule has 0 bridgehead atoms. The van der Waals surface area contributed by atoms with Gasteiger partial charge in [0, 0.05) is 31.4 Å². The molecule has 124 valence electrons. The molecule has 1 atom stereocenters. The van der Waals surface area contributed by atoms with Crippen LogP contribution >= 0.6 is 0 Å². The maximum atomic E-state index is 5.50. The second-order valence-electron chi connectivity index (χ2n) is 6.49. The molecule has 1 aliphatic rings. The Morgan fingerprint density at radius 1 is 1.26 bits per heavy atom. The molecule has 1 aromatic heterocycles.